The molecule has 0 aliphatic heterocycles. The van der Waals surface area contributed by atoms with E-state index in [4.69, 9.17) is 0 Å². The van der Waals surface area contributed by atoms with E-state index >= 15 is 0 Å². The first-order valence-electron chi connectivity index (χ1n) is 2.73. The number of hydrogen-bond acceptors (Lipinski definition) is 2. The van der Waals surface area contributed by atoms with Gasteiger partial charge in [0.25, 0.3) is 0 Å². The molecule has 0 unspecified atom stereocenters. The van der Waals surface area contributed by atoms with Gasteiger partial charge in [0.1, 0.15) is 0 Å². The van der Waals surface area contributed by atoms with E-state index < -0.39 is 0 Å². The molecule has 0 saturated heterocycles. The number of aryl methyl sites for hydroxylation is 1. The molecule has 0 N–H and O–H groups in total. The van der Waals surface area contributed by atoms with Crippen molar-refractivity contribution in [3.8, 4) is 0 Å². The Bertz CT molecular complexity index is 220. The van der Waals surface area contributed by atoms with Crippen LogP contribution in [0.3, 0.4) is 0 Å². The minimum atomic E-state index is 0.896. The summed E-state index contributed by atoms with van der Waals surface area (Å²) >= 11 is 4.53. The van der Waals surface area contributed by atoms with Crippen LogP contribution in [-0.2, 0) is 12.4 Å². The molecule has 0 radical (unpaired) electrons. The highest BCUT2D eigenvalue weighted by Crippen LogP contribution is 2.15. The van der Waals surface area contributed by atoms with Gasteiger partial charge in [0.15, 0.2) is 0 Å². The van der Waals surface area contributed by atoms with E-state index in [2.05, 4.69) is 16.8 Å². The maximum atomic E-state index is 4.53. The fourth-order valence-corrected chi connectivity index (χ4v) is 0.871. The molecule has 9 heavy (non-hydrogen) atoms. The van der Waals surface area contributed by atoms with E-state index in [0.29, 0.717) is 0 Å². The second kappa shape index (κ2) is 2.69. The van der Waals surface area contributed by atoms with Crippen LogP contribution in [0.15, 0.2) is 28.6 Å². The standard InChI is InChI=1S/C7H7NS/c1-6-4-2-3-5-7(6)8-9/h2-5H,1H3. The quantitative estimate of drug-likeness (QED) is 0.578. The van der Waals surface area contributed by atoms with Gasteiger partial charge in [-0.1, -0.05) is 18.2 Å². The van der Waals surface area contributed by atoms with Crippen LogP contribution < -0.4 is 0 Å². The van der Waals surface area contributed by atoms with Crippen LogP contribution in [0, 0.1) is 6.92 Å². The van der Waals surface area contributed by atoms with E-state index in [1.807, 2.05) is 31.2 Å². The molecule has 0 aliphatic carbocycles. The van der Waals surface area contributed by atoms with Crippen molar-refractivity contribution in [3.05, 3.63) is 29.8 Å². The first-order chi connectivity index (χ1) is 4.34. The minimum absolute atomic E-state index is 0.896. The smallest absolute Gasteiger partial charge is 0.0798 e. The Morgan fingerprint density at radius 1 is 1.33 bits per heavy atom. The van der Waals surface area contributed by atoms with Crippen molar-refractivity contribution in [2.75, 3.05) is 0 Å². The normalized spacial score (nSPS) is 9.00. The van der Waals surface area contributed by atoms with Gasteiger partial charge in [-0.05, 0) is 18.6 Å². The summed E-state index contributed by atoms with van der Waals surface area (Å²) in [6.07, 6.45) is 0. The van der Waals surface area contributed by atoms with Crippen LogP contribution in [0.5, 0.6) is 0 Å². The monoisotopic (exact) mass is 137 g/mol. The predicted molar refractivity (Wildman–Crippen MR) is 40.6 cm³/mol. The lowest BCUT2D eigenvalue weighted by atomic mass is 10.2. The highest BCUT2D eigenvalue weighted by molar-refractivity contribution is 7.47. The average molecular weight is 137 g/mol. The summed E-state index contributed by atoms with van der Waals surface area (Å²) in [7, 11) is 0. The van der Waals surface area contributed by atoms with Crippen molar-refractivity contribution >= 4 is 18.1 Å². The van der Waals surface area contributed by atoms with Gasteiger partial charge in [-0.2, -0.15) is 4.36 Å². The molecular formula is C7H7NS. The summed E-state index contributed by atoms with van der Waals surface area (Å²) in [5.74, 6) is 0. The second-order valence-corrected chi connectivity index (χ2v) is 2.06. The van der Waals surface area contributed by atoms with Crippen LogP contribution in [0.4, 0.5) is 5.69 Å². The maximum Gasteiger partial charge on any atom is 0.0798 e. The van der Waals surface area contributed by atoms with Crippen molar-refractivity contribution in [1.29, 1.82) is 0 Å². The fraction of sp³-hybridized carbons (Fsp3) is 0.143. The summed E-state index contributed by atoms with van der Waals surface area (Å²) in [4.78, 5) is 0. The lowest BCUT2D eigenvalue weighted by molar-refractivity contribution is 1.42. The minimum Gasteiger partial charge on any atom is -0.181 e. The van der Waals surface area contributed by atoms with Crippen LogP contribution in [0.2, 0.25) is 0 Å². The largest absolute Gasteiger partial charge is 0.181 e. The van der Waals surface area contributed by atoms with Gasteiger partial charge < -0.3 is 0 Å². The fourth-order valence-electron chi connectivity index (χ4n) is 0.666. The van der Waals surface area contributed by atoms with Crippen molar-refractivity contribution in [2.24, 2.45) is 4.36 Å². The van der Waals surface area contributed by atoms with Gasteiger partial charge in [0, 0.05) is 12.4 Å². The van der Waals surface area contributed by atoms with Crippen LogP contribution in [0.1, 0.15) is 5.56 Å². The molecule has 0 saturated carbocycles. The van der Waals surface area contributed by atoms with Crippen molar-refractivity contribution in [3.63, 3.8) is 0 Å². The number of benzene rings is 1. The first kappa shape index (κ1) is 6.36. The zero-order chi connectivity index (χ0) is 6.69. The molecule has 0 heterocycles. The molecule has 1 nitrogen and oxygen atoms in total. The van der Waals surface area contributed by atoms with Crippen molar-refractivity contribution < 1.29 is 0 Å². The lowest BCUT2D eigenvalue weighted by Gasteiger charge is -1.92. The molecule has 1 aromatic carbocycles. The zero-order valence-corrected chi connectivity index (χ0v) is 5.98. The summed E-state index contributed by atoms with van der Waals surface area (Å²) in [6.45, 7) is 1.99. The third kappa shape index (κ3) is 1.33. The molecule has 1 rings (SSSR count). The Morgan fingerprint density at radius 3 is 2.44 bits per heavy atom. The van der Waals surface area contributed by atoms with Gasteiger partial charge in [0.05, 0.1) is 5.69 Å². The summed E-state index contributed by atoms with van der Waals surface area (Å²) in [6, 6.07) is 7.80. The van der Waals surface area contributed by atoms with Gasteiger partial charge in [0.2, 0.25) is 0 Å². The molecule has 0 bridgehead atoms. The molecule has 0 amide bonds. The highest BCUT2D eigenvalue weighted by atomic mass is 32.1. The van der Waals surface area contributed by atoms with Crippen LogP contribution in [0.25, 0.3) is 0 Å². The first-order valence-corrected chi connectivity index (χ1v) is 3.10. The molecule has 46 valence electrons. The maximum absolute atomic E-state index is 4.53. The highest BCUT2D eigenvalue weighted by Gasteiger charge is 1.89. The van der Waals surface area contributed by atoms with Gasteiger partial charge >= 0.3 is 0 Å². The number of rotatable bonds is 1. The van der Waals surface area contributed by atoms with E-state index in [0.717, 1.165) is 11.3 Å². The Kier molecular flexibility index (Phi) is 1.90. The van der Waals surface area contributed by atoms with Crippen LogP contribution in [-0.4, -0.2) is 0 Å². The molecule has 2 heteroatoms. The summed E-state index contributed by atoms with van der Waals surface area (Å²) in [5, 5.41) is 0. The van der Waals surface area contributed by atoms with E-state index in [1.54, 1.807) is 0 Å². The van der Waals surface area contributed by atoms with Gasteiger partial charge in [-0.15, -0.1) is 0 Å². The Balaban J connectivity index is 3.15. The lowest BCUT2D eigenvalue weighted by Crippen LogP contribution is -1.68. The zero-order valence-electron chi connectivity index (χ0n) is 5.16. The molecule has 0 aromatic heterocycles. The van der Waals surface area contributed by atoms with Crippen LogP contribution >= 0.6 is 0 Å². The third-order valence-corrected chi connectivity index (χ3v) is 1.41. The molecule has 0 atom stereocenters. The van der Waals surface area contributed by atoms with E-state index in [1.165, 1.54) is 0 Å². The SMILES string of the molecule is Cc1ccccc1N=S. The summed E-state index contributed by atoms with van der Waals surface area (Å²) < 4.78 is 3.65. The predicted octanol–water partition coefficient (Wildman–Crippen LogP) is 2.36. The Hall–Kier alpha value is -0.760. The molecular weight excluding hydrogens is 130 g/mol. The van der Waals surface area contributed by atoms with Crippen molar-refractivity contribution in [2.45, 2.75) is 6.92 Å². The molecule has 0 spiro atoms. The second-order valence-electron chi connectivity index (χ2n) is 1.88. The van der Waals surface area contributed by atoms with Gasteiger partial charge in [-0.25, -0.2) is 0 Å². The molecule has 0 aliphatic rings. The van der Waals surface area contributed by atoms with E-state index in [-0.39, 0.29) is 0 Å². The average Bonchev–Trinajstić information content (AvgIpc) is 1.89. The molecule has 0 fully saturated rings. The van der Waals surface area contributed by atoms with E-state index in [9.17, 15) is 0 Å². The third-order valence-electron chi connectivity index (χ3n) is 1.21. The van der Waals surface area contributed by atoms with Gasteiger partial charge in [-0.3, -0.25) is 0 Å². The number of hydrogen-bond donors (Lipinski definition) is 0. The molecule has 1 aromatic rings. The topological polar surface area (TPSA) is 12.4 Å². The Labute approximate surface area is 59.9 Å². The number of nitrogens with zero attached hydrogens (tertiary/aromatic N) is 1. The van der Waals surface area contributed by atoms with Crippen molar-refractivity contribution in [1.82, 2.24) is 0 Å². The summed E-state index contributed by atoms with van der Waals surface area (Å²) in [5.41, 5.74) is 2.03. The Morgan fingerprint density at radius 2 is 2.00 bits per heavy atom.